The molecule has 0 bridgehead atoms. The Hall–Kier alpha value is -4.90. The van der Waals surface area contributed by atoms with Crippen molar-refractivity contribution in [2.45, 2.75) is 14.7 Å². The van der Waals surface area contributed by atoms with E-state index < -0.39 is 46.1 Å². The molecule has 238 valence electrons. The molecule has 0 radical (unpaired) electrons. The van der Waals surface area contributed by atoms with E-state index in [0.29, 0.717) is 5.39 Å². The fourth-order valence-electron chi connectivity index (χ4n) is 4.46. The second-order valence-corrected chi connectivity index (χ2v) is 13.7. The molecule has 0 amide bonds. The van der Waals surface area contributed by atoms with Gasteiger partial charge in [-0.05, 0) is 46.5 Å². The van der Waals surface area contributed by atoms with Crippen LogP contribution in [0.3, 0.4) is 0 Å². The lowest BCUT2D eigenvalue weighted by atomic mass is 10.1. The van der Waals surface area contributed by atoms with Gasteiger partial charge in [-0.3, -0.25) is 13.7 Å². The fourth-order valence-corrected chi connectivity index (χ4v) is 6.39. The number of fused-ring (bicyclic) bond motifs is 3. The molecule has 0 heterocycles. The van der Waals surface area contributed by atoms with E-state index in [-0.39, 0.29) is 27.0 Å². The van der Waals surface area contributed by atoms with Crippen LogP contribution in [0, 0.1) is 0 Å². The van der Waals surface area contributed by atoms with Crippen LogP contribution in [0.1, 0.15) is 10.4 Å². The van der Waals surface area contributed by atoms with E-state index in [0.717, 1.165) is 28.3 Å². The number of hydrogen-bond acceptors (Lipinski definition) is 8. The monoisotopic (exact) mass is 684 g/mol. The summed E-state index contributed by atoms with van der Waals surface area (Å²) in [5.74, 6) is -1.29. The van der Waals surface area contributed by atoms with Gasteiger partial charge >= 0.3 is 5.97 Å². The molecule has 6 aromatic carbocycles. The second-order valence-electron chi connectivity index (χ2n) is 9.53. The SMILES string of the molecule is O=C(O)c1ccc2ccccc2c1O.O=S(=O)(O)c1ccc2ccccc2c1.O=S(=O)(O)c1cccc2c(S(=O)(=O)O)cccc12. The Balaban J connectivity index is 0.000000158. The zero-order valence-corrected chi connectivity index (χ0v) is 25.7. The normalized spacial score (nSPS) is 11.7. The molecule has 5 N–H and O–H groups in total. The lowest BCUT2D eigenvalue weighted by molar-refractivity contribution is 0.0694. The molecule has 0 aliphatic rings. The highest BCUT2D eigenvalue weighted by molar-refractivity contribution is 7.86. The minimum Gasteiger partial charge on any atom is -0.506 e. The minimum atomic E-state index is -4.47. The van der Waals surface area contributed by atoms with Crippen LogP contribution in [-0.2, 0) is 30.4 Å². The van der Waals surface area contributed by atoms with Crippen LogP contribution in [0.15, 0.2) is 130 Å². The maximum absolute atomic E-state index is 11.2. The molecule has 6 rings (SSSR count). The lowest BCUT2D eigenvalue weighted by Gasteiger charge is -2.06. The number of phenols is 1. The van der Waals surface area contributed by atoms with Crippen LogP contribution in [0.2, 0.25) is 0 Å². The summed E-state index contributed by atoms with van der Waals surface area (Å²) in [6.45, 7) is 0. The second kappa shape index (κ2) is 13.2. The molecule has 12 nitrogen and oxygen atoms in total. The quantitative estimate of drug-likeness (QED) is 0.142. The number of aromatic hydroxyl groups is 1. The average molecular weight is 685 g/mol. The molecule has 46 heavy (non-hydrogen) atoms. The Morgan fingerprint density at radius 2 is 0.935 bits per heavy atom. The summed E-state index contributed by atoms with van der Waals surface area (Å²) in [6, 6.07) is 29.6. The van der Waals surface area contributed by atoms with Crippen molar-refractivity contribution in [2.75, 3.05) is 0 Å². The molecule has 0 aromatic heterocycles. The van der Waals surface area contributed by atoms with Crippen molar-refractivity contribution in [2.24, 2.45) is 0 Å². The van der Waals surface area contributed by atoms with Crippen LogP contribution < -0.4 is 0 Å². The molecule has 0 aliphatic carbocycles. The topological polar surface area (TPSA) is 221 Å². The zero-order valence-electron chi connectivity index (χ0n) is 23.3. The standard InChI is InChI=1S/C11H8O3.C10H8O6S2.C10H8O3S/c12-10-8-4-2-1-3-7(8)5-6-9(10)11(13)14;11-17(12,13)9-5-1-3-7-8(9)4-2-6-10(7)18(14,15)16;11-14(12,13)10-6-5-8-3-1-2-4-9(8)7-10/h1-6,12H,(H,13,14);1-6H,(H,11,12,13)(H,14,15,16);1-7H,(H,11,12,13). The summed E-state index contributed by atoms with van der Waals surface area (Å²) < 4.78 is 93.2. The van der Waals surface area contributed by atoms with Gasteiger partial charge in [-0.1, -0.05) is 84.9 Å². The van der Waals surface area contributed by atoms with Gasteiger partial charge in [-0.2, -0.15) is 25.3 Å². The van der Waals surface area contributed by atoms with Gasteiger partial charge < -0.3 is 10.2 Å². The maximum Gasteiger partial charge on any atom is 0.339 e. The van der Waals surface area contributed by atoms with Crippen molar-refractivity contribution < 1.29 is 53.9 Å². The number of carboxylic acids is 1. The van der Waals surface area contributed by atoms with E-state index in [1.165, 1.54) is 42.5 Å². The summed E-state index contributed by atoms with van der Waals surface area (Å²) in [5, 5.41) is 21.6. The van der Waals surface area contributed by atoms with Gasteiger partial charge in [0.2, 0.25) is 0 Å². The van der Waals surface area contributed by atoms with E-state index >= 15 is 0 Å². The molecule has 0 spiro atoms. The van der Waals surface area contributed by atoms with Crippen LogP contribution in [0.5, 0.6) is 5.75 Å². The van der Waals surface area contributed by atoms with Crippen molar-refractivity contribution in [3.8, 4) is 5.75 Å². The number of rotatable bonds is 4. The van der Waals surface area contributed by atoms with Gasteiger partial charge in [0.25, 0.3) is 30.4 Å². The summed E-state index contributed by atoms with van der Waals surface area (Å²) in [4.78, 5) is 9.81. The number of carboxylic acid groups (broad SMARTS) is 1. The summed E-state index contributed by atoms with van der Waals surface area (Å²) in [6.07, 6.45) is 0. The third-order valence-electron chi connectivity index (χ3n) is 6.55. The van der Waals surface area contributed by atoms with Crippen molar-refractivity contribution in [3.05, 3.63) is 121 Å². The molecule has 0 atom stereocenters. The third kappa shape index (κ3) is 7.84. The van der Waals surface area contributed by atoms with Gasteiger partial charge in [-0.15, -0.1) is 0 Å². The van der Waals surface area contributed by atoms with E-state index in [9.17, 15) is 35.2 Å². The number of carbonyl (C=O) groups is 1. The molecule has 0 saturated carbocycles. The first kappa shape index (κ1) is 34.0. The van der Waals surface area contributed by atoms with E-state index in [2.05, 4.69) is 0 Å². The first-order valence-corrected chi connectivity index (χ1v) is 17.2. The van der Waals surface area contributed by atoms with Gasteiger partial charge in [0.1, 0.15) is 21.1 Å². The van der Waals surface area contributed by atoms with Gasteiger partial charge in [0, 0.05) is 16.2 Å². The highest BCUT2D eigenvalue weighted by atomic mass is 32.2. The lowest BCUT2D eigenvalue weighted by Crippen LogP contribution is -2.02. The Labute approximate surface area is 263 Å². The third-order valence-corrected chi connectivity index (χ3v) is 9.22. The highest BCUT2D eigenvalue weighted by Crippen LogP contribution is 2.29. The predicted molar refractivity (Wildman–Crippen MR) is 170 cm³/mol. The van der Waals surface area contributed by atoms with Crippen LogP contribution in [0.25, 0.3) is 32.3 Å². The Kier molecular flexibility index (Phi) is 9.77. The van der Waals surface area contributed by atoms with Gasteiger partial charge in [0.05, 0.1) is 4.90 Å². The minimum absolute atomic E-state index is 0.0233. The molecule has 0 fully saturated rings. The van der Waals surface area contributed by atoms with Crippen LogP contribution >= 0.6 is 0 Å². The number of hydrogen-bond donors (Lipinski definition) is 5. The molecule has 0 unspecified atom stereocenters. The first-order chi connectivity index (χ1) is 21.5. The van der Waals surface area contributed by atoms with E-state index in [1.54, 1.807) is 30.3 Å². The van der Waals surface area contributed by atoms with Crippen molar-refractivity contribution in [3.63, 3.8) is 0 Å². The molecular weight excluding hydrogens is 661 g/mol. The molecule has 15 heteroatoms. The average Bonchev–Trinajstić information content (AvgIpc) is 2.99. The zero-order chi connectivity index (χ0) is 33.9. The van der Waals surface area contributed by atoms with Crippen molar-refractivity contribution >= 4 is 68.6 Å². The van der Waals surface area contributed by atoms with E-state index in [4.69, 9.17) is 18.8 Å². The summed E-state index contributed by atoms with van der Waals surface area (Å²) >= 11 is 0. The Morgan fingerprint density at radius 3 is 1.43 bits per heavy atom. The number of benzene rings is 6. The Bertz CT molecular complexity index is 2370. The van der Waals surface area contributed by atoms with Gasteiger partial charge in [-0.25, -0.2) is 4.79 Å². The number of aromatic carboxylic acids is 1. The van der Waals surface area contributed by atoms with Crippen molar-refractivity contribution in [1.29, 1.82) is 0 Å². The Morgan fingerprint density at radius 1 is 0.478 bits per heavy atom. The highest BCUT2D eigenvalue weighted by Gasteiger charge is 2.19. The summed E-state index contributed by atoms with van der Waals surface area (Å²) in [5.41, 5.74) is -0.0660. The van der Waals surface area contributed by atoms with Gasteiger partial charge in [0.15, 0.2) is 0 Å². The van der Waals surface area contributed by atoms with Crippen LogP contribution in [0.4, 0.5) is 0 Å². The largest absolute Gasteiger partial charge is 0.506 e. The fraction of sp³-hybridized carbons (Fsp3) is 0. The predicted octanol–water partition coefficient (Wildman–Crippen LogP) is 5.66. The van der Waals surface area contributed by atoms with Crippen molar-refractivity contribution in [1.82, 2.24) is 0 Å². The first-order valence-electron chi connectivity index (χ1n) is 12.9. The van der Waals surface area contributed by atoms with E-state index in [1.807, 2.05) is 30.3 Å². The molecule has 0 aliphatic heterocycles. The molecule has 0 saturated heterocycles. The smallest absolute Gasteiger partial charge is 0.339 e. The molecular formula is C31H24O12S3. The molecule has 6 aromatic rings. The maximum atomic E-state index is 11.2. The summed E-state index contributed by atoms with van der Waals surface area (Å²) in [7, 11) is -13.0. The van der Waals surface area contributed by atoms with Crippen LogP contribution in [-0.4, -0.2) is 55.1 Å².